The fourth-order valence-corrected chi connectivity index (χ4v) is 3.48. The number of fused-ring (bicyclic) bond motifs is 1. The zero-order valence-corrected chi connectivity index (χ0v) is 16.1. The molecule has 3 heterocycles. The number of aromatic nitrogens is 2. The molecule has 1 aromatic carbocycles. The number of amides is 1. The van der Waals surface area contributed by atoms with Gasteiger partial charge < -0.3 is 19.8 Å². The van der Waals surface area contributed by atoms with Crippen LogP contribution in [-0.4, -0.2) is 47.5 Å². The number of aromatic amines is 1. The van der Waals surface area contributed by atoms with Crippen molar-refractivity contribution in [3.05, 3.63) is 60.0 Å². The summed E-state index contributed by atoms with van der Waals surface area (Å²) in [6, 6.07) is 11.4. The lowest BCUT2D eigenvalue weighted by atomic mass is 10.0. The van der Waals surface area contributed by atoms with E-state index >= 15 is 0 Å². The quantitative estimate of drug-likeness (QED) is 0.704. The van der Waals surface area contributed by atoms with Gasteiger partial charge in [-0.2, -0.15) is 0 Å². The molecule has 0 fully saturated rings. The van der Waals surface area contributed by atoms with Crippen molar-refractivity contribution in [1.29, 1.82) is 0 Å². The summed E-state index contributed by atoms with van der Waals surface area (Å²) >= 11 is 0. The van der Waals surface area contributed by atoms with E-state index in [1.165, 1.54) is 12.0 Å². The lowest BCUT2D eigenvalue weighted by molar-refractivity contribution is 0.0840. The zero-order valence-electron chi connectivity index (χ0n) is 16.1. The summed E-state index contributed by atoms with van der Waals surface area (Å²) in [5.41, 5.74) is 4.10. The zero-order chi connectivity index (χ0) is 20.4. The molecule has 0 radical (unpaired) electrons. The summed E-state index contributed by atoms with van der Waals surface area (Å²) in [5, 5.41) is 3.36. The number of rotatable bonds is 4. The first kappa shape index (κ1) is 18.5. The number of pyridine rings is 1. The minimum absolute atomic E-state index is 0.0477. The fraction of sp³-hybridized carbons (Fsp3) is 0.190. The van der Waals surface area contributed by atoms with E-state index in [-0.39, 0.29) is 18.9 Å². The van der Waals surface area contributed by atoms with Gasteiger partial charge in [-0.3, -0.25) is 14.7 Å². The number of nitrogens with zero attached hydrogens (tertiary/aromatic N) is 2. The highest BCUT2D eigenvalue weighted by Crippen LogP contribution is 2.40. The second-order valence-electron chi connectivity index (χ2n) is 6.54. The van der Waals surface area contributed by atoms with E-state index in [0.717, 1.165) is 11.3 Å². The lowest BCUT2D eigenvalue weighted by Gasteiger charge is -2.25. The molecule has 4 rings (SSSR count). The maximum Gasteiger partial charge on any atom is 0.410 e. The van der Waals surface area contributed by atoms with Crippen LogP contribution in [0, 0.1) is 0 Å². The SMILES string of the molecule is COC(=O)N1CC(=O)c2c([nH]c(-c3ccncc3OC)c2Nc2ccccc2)C1. The van der Waals surface area contributed by atoms with Crippen LogP contribution in [0.2, 0.25) is 0 Å². The summed E-state index contributed by atoms with van der Waals surface area (Å²) in [4.78, 5) is 33.7. The smallest absolute Gasteiger partial charge is 0.410 e. The number of methoxy groups -OCH3 is 2. The molecule has 0 saturated carbocycles. The number of hydrogen-bond donors (Lipinski definition) is 2. The Morgan fingerprint density at radius 1 is 1.17 bits per heavy atom. The molecule has 0 atom stereocenters. The van der Waals surface area contributed by atoms with Crippen LogP contribution >= 0.6 is 0 Å². The Kier molecular flexibility index (Phi) is 4.90. The van der Waals surface area contributed by atoms with Gasteiger partial charge in [0, 0.05) is 23.1 Å². The standard InChI is InChI=1S/C21H20N4O4/c1-28-17-10-22-9-8-14(17)19-20(23-13-6-4-3-5-7-13)18-15(24-19)11-25(12-16(18)26)21(27)29-2/h3-10,23-24H,11-12H2,1-2H3. The van der Waals surface area contributed by atoms with Crippen molar-refractivity contribution in [2.24, 2.45) is 0 Å². The minimum Gasteiger partial charge on any atom is -0.494 e. The van der Waals surface area contributed by atoms with Crippen molar-refractivity contribution in [1.82, 2.24) is 14.9 Å². The summed E-state index contributed by atoms with van der Waals surface area (Å²) in [7, 11) is 2.87. The van der Waals surface area contributed by atoms with Crippen LogP contribution in [0.1, 0.15) is 16.1 Å². The molecule has 0 saturated heterocycles. The Balaban J connectivity index is 1.87. The average Bonchev–Trinajstić information content (AvgIpc) is 3.12. The third kappa shape index (κ3) is 3.40. The molecule has 1 amide bonds. The van der Waals surface area contributed by atoms with E-state index in [1.807, 2.05) is 36.4 Å². The van der Waals surface area contributed by atoms with Gasteiger partial charge in [-0.25, -0.2) is 4.79 Å². The predicted octanol–water partition coefficient (Wildman–Crippen LogP) is 3.59. The number of benzene rings is 1. The second kappa shape index (κ2) is 7.67. The Morgan fingerprint density at radius 3 is 2.69 bits per heavy atom. The van der Waals surface area contributed by atoms with E-state index in [0.29, 0.717) is 28.4 Å². The molecule has 8 heteroatoms. The lowest BCUT2D eigenvalue weighted by Crippen LogP contribution is -2.39. The number of anilines is 2. The monoisotopic (exact) mass is 392 g/mol. The number of ketones is 1. The van der Waals surface area contributed by atoms with Gasteiger partial charge in [0.2, 0.25) is 0 Å². The largest absolute Gasteiger partial charge is 0.494 e. The molecule has 148 valence electrons. The number of carbonyl (C=O) groups excluding carboxylic acids is 2. The molecule has 1 aliphatic rings. The first-order valence-electron chi connectivity index (χ1n) is 9.03. The molecule has 0 spiro atoms. The van der Waals surface area contributed by atoms with Gasteiger partial charge in [-0.05, 0) is 18.2 Å². The van der Waals surface area contributed by atoms with Crippen molar-refractivity contribution < 1.29 is 19.1 Å². The van der Waals surface area contributed by atoms with Crippen molar-refractivity contribution in [3.63, 3.8) is 0 Å². The second-order valence-corrected chi connectivity index (χ2v) is 6.54. The number of hydrogen-bond acceptors (Lipinski definition) is 6. The van der Waals surface area contributed by atoms with Crippen molar-refractivity contribution in [3.8, 4) is 17.0 Å². The molecule has 0 bridgehead atoms. The highest BCUT2D eigenvalue weighted by atomic mass is 16.5. The molecule has 3 aromatic rings. The van der Waals surface area contributed by atoms with Gasteiger partial charge >= 0.3 is 6.09 Å². The summed E-state index contributed by atoms with van der Waals surface area (Å²) in [6.45, 7) is 0.193. The first-order chi connectivity index (χ1) is 14.1. The topological polar surface area (TPSA) is 96.5 Å². The molecule has 2 aromatic heterocycles. The van der Waals surface area contributed by atoms with Gasteiger partial charge in [0.1, 0.15) is 5.75 Å². The number of H-pyrrole nitrogens is 1. The highest BCUT2D eigenvalue weighted by Gasteiger charge is 2.33. The van der Waals surface area contributed by atoms with E-state index < -0.39 is 6.09 Å². The van der Waals surface area contributed by atoms with Crippen LogP contribution in [0.3, 0.4) is 0 Å². The predicted molar refractivity (Wildman–Crippen MR) is 107 cm³/mol. The summed E-state index contributed by atoms with van der Waals surface area (Å²) < 4.78 is 10.2. The maximum atomic E-state index is 13.0. The molecule has 0 aliphatic carbocycles. The van der Waals surface area contributed by atoms with Crippen LogP contribution in [0.5, 0.6) is 5.75 Å². The van der Waals surface area contributed by atoms with E-state index in [1.54, 1.807) is 19.5 Å². The number of Topliss-reactive ketones (excluding diaryl/α,β-unsaturated/α-hetero) is 1. The van der Waals surface area contributed by atoms with Crippen LogP contribution < -0.4 is 10.1 Å². The van der Waals surface area contributed by atoms with Crippen molar-refractivity contribution in [2.75, 3.05) is 26.1 Å². The number of ether oxygens (including phenoxy) is 2. The van der Waals surface area contributed by atoms with Crippen LogP contribution in [-0.2, 0) is 11.3 Å². The Hall–Kier alpha value is -3.81. The Labute approximate surface area is 167 Å². The third-order valence-corrected chi connectivity index (χ3v) is 4.79. The first-order valence-corrected chi connectivity index (χ1v) is 9.03. The normalized spacial score (nSPS) is 13.0. The van der Waals surface area contributed by atoms with Gasteiger partial charge in [-0.15, -0.1) is 0 Å². The molecule has 29 heavy (non-hydrogen) atoms. The van der Waals surface area contributed by atoms with Gasteiger partial charge in [0.15, 0.2) is 5.78 Å². The minimum atomic E-state index is -0.542. The Morgan fingerprint density at radius 2 is 1.97 bits per heavy atom. The van der Waals surface area contributed by atoms with Crippen molar-refractivity contribution in [2.45, 2.75) is 6.54 Å². The third-order valence-electron chi connectivity index (χ3n) is 4.79. The van der Waals surface area contributed by atoms with E-state index in [4.69, 9.17) is 9.47 Å². The fourth-order valence-electron chi connectivity index (χ4n) is 3.48. The summed E-state index contributed by atoms with van der Waals surface area (Å²) in [5.74, 6) is 0.394. The van der Waals surface area contributed by atoms with Crippen LogP contribution in [0.25, 0.3) is 11.3 Å². The average molecular weight is 392 g/mol. The molecular formula is C21H20N4O4. The Bertz CT molecular complexity index is 1060. The molecule has 0 unspecified atom stereocenters. The molecule has 8 nitrogen and oxygen atoms in total. The molecule has 2 N–H and O–H groups in total. The van der Waals surface area contributed by atoms with Gasteiger partial charge in [0.05, 0.1) is 50.5 Å². The van der Waals surface area contributed by atoms with Gasteiger partial charge in [-0.1, -0.05) is 18.2 Å². The van der Waals surface area contributed by atoms with Crippen LogP contribution in [0.15, 0.2) is 48.8 Å². The molecule has 1 aliphatic heterocycles. The maximum absolute atomic E-state index is 13.0. The number of nitrogens with one attached hydrogen (secondary N) is 2. The molecular weight excluding hydrogens is 372 g/mol. The highest BCUT2D eigenvalue weighted by molar-refractivity contribution is 6.09. The van der Waals surface area contributed by atoms with E-state index in [9.17, 15) is 9.59 Å². The number of carbonyl (C=O) groups is 2. The number of para-hydroxylation sites is 1. The van der Waals surface area contributed by atoms with E-state index in [2.05, 4.69) is 15.3 Å². The van der Waals surface area contributed by atoms with Crippen LogP contribution in [0.4, 0.5) is 16.2 Å². The van der Waals surface area contributed by atoms with Gasteiger partial charge in [0.25, 0.3) is 0 Å². The summed E-state index contributed by atoms with van der Waals surface area (Å²) in [6.07, 6.45) is 2.73. The van der Waals surface area contributed by atoms with Crippen molar-refractivity contribution >= 4 is 23.3 Å².